The van der Waals surface area contributed by atoms with Crippen LogP contribution in [0, 0.1) is 11.3 Å². The molecule has 9 nitrogen and oxygen atoms in total. The maximum absolute atomic E-state index is 13.6. The number of hydrogen-bond donors (Lipinski definition) is 2. The first-order valence-electron chi connectivity index (χ1n) is 9.91. The number of nitrogens with one attached hydrogen (secondary N) is 2. The van der Waals surface area contributed by atoms with Crippen molar-refractivity contribution in [2.24, 2.45) is 0 Å². The Kier molecular flexibility index (Phi) is 6.12. The van der Waals surface area contributed by atoms with Gasteiger partial charge in [-0.2, -0.15) is 23.5 Å². The van der Waals surface area contributed by atoms with Gasteiger partial charge in [0.15, 0.2) is 17.2 Å². The SMILES string of the molecule is CCNC(=O)c1ccc(Nc2nccn3c(-c4cn(CC#N)nc4C(F)(F)F)cnc23)cc1Cl. The summed E-state index contributed by atoms with van der Waals surface area (Å²) in [6, 6.07) is 6.48. The van der Waals surface area contributed by atoms with Crippen molar-refractivity contribution in [2.75, 3.05) is 11.9 Å². The Bertz CT molecular complexity index is 1420. The zero-order valence-electron chi connectivity index (χ0n) is 17.6. The molecule has 3 aromatic heterocycles. The third-order valence-corrected chi connectivity index (χ3v) is 5.09. The Labute approximate surface area is 195 Å². The van der Waals surface area contributed by atoms with Crippen molar-refractivity contribution >= 4 is 34.7 Å². The number of aromatic nitrogens is 5. The van der Waals surface area contributed by atoms with Crippen LogP contribution in [0.2, 0.25) is 5.02 Å². The third kappa shape index (κ3) is 4.38. The number of carbonyl (C=O) groups excluding carboxylic acids is 1. The van der Waals surface area contributed by atoms with Gasteiger partial charge in [-0.1, -0.05) is 11.6 Å². The number of carbonyl (C=O) groups is 1. The predicted octanol–water partition coefficient (Wildman–Crippen LogP) is 4.28. The Morgan fingerprint density at radius 1 is 1.29 bits per heavy atom. The quantitative estimate of drug-likeness (QED) is 0.419. The molecular formula is C21H16ClF3N8O. The number of nitriles is 1. The summed E-state index contributed by atoms with van der Waals surface area (Å²) < 4.78 is 43.1. The molecule has 0 aliphatic rings. The number of benzene rings is 1. The average molecular weight is 489 g/mol. The maximum Gasteiger partial charge on any atom is 0.435 e. The highest BCUT2D eigenvalue weighted by atomic mass is 35.5. The molecule has 2 N–H and O–H groups in total. The summed E-state index contributed by atoms with van der Waals surface area (Å²) in [5.41, 5.74) is -0.159. The number of anilines is 2. The first-order chi connectivity index (χ1) is 16.2. The summed E-state index contributed by atoms with van der Waals surface area (Å²) in [6.07, 6.45) is 0.573. The lowest BCUT2D eigenvalue weighted by atomic mass is 10.2. The molecule has 1 aromatic carbocycles. The Hall–Kier alpha value is -4.11. The number of amides is 1. The van der Waals surface area contributed by atoms with Crippen molar-refractivity contribution in [2.45, 2.75) is 19.6 Å². The number of rotatable bonds is 6. The fourth-order valence-corrected chi connectivity index (χ4v) is 3.61. The van der Waals surface area contributed by atoms with Gasteiger partial charge in [0.2, 0.25) is 0 Å². The van der Waals surface area contributed by atoms with Crippen LogP contribution < -0.4 is 10.6 Å². The molecule has 34 heavy (non-hydrogen) atoms. The fourth-order valence-electron chi connectivity index (χ4n) is 3.35. The summed E-state index contributed by atoms with van der Waals surface area (Å²) in [5.74, 6) is -0.0526. The van der Waals surface area contributed by atoms with Crippen LogP contribution in [0.1, 0.15) is 23.0 Å². The number of nitrogens with zero attached hydrogens (tertiary/aromatic N) is 6. The van der Waals surface area contributed by atoms with E-state index in [1.165, 1.54) is 29.1 Å². The minimum atomic E-state index is -4.73. The molecule has 0 saturated carbocycles. The maximum atomic E-state index is 13.6. The molecule has 0 spiro atoms. The van der Waals surface area contributed by atoms with Crippen LogP contribution in [-0.2, 0) is 12.7 Å². The number of fused-ring (bicyclic) bond motifs is 1. The van der Waals surface area contributed by atoms with Gasteiger partial charge >= 0.3 is 6.18 Å². The van der Waals surface area contributed by atoms with E-state index in [1.54, 1.807) is 25.1 Å². The molecule has 1 amide bonds. The summed E-state index contributed by atoms with van der Waals surface area (Å²) in [6.45, 7) is 1.91. The molecule has 13 heteroatoms. The second-order valence-electron chi connectivity index (χ2n) is 7.04. The van der Waals surface area contributed by atoms with Crippen LogP contribution in [0.5, 0.6) is 0 Å². The monoisotopic (exact) mass is 488 g/mol. The smallest absolute Gasteiger partial charge is 0.352 e. The fraction of sp³-hybridized carbons (Fsp3) is 0.190. The topological polar surface area (TPSA) is 113 Å². The number of imidazole rings is 1. The van der Waals surface area contributed by atoms with Crippen LogP contribution in [0.4, 0.5) is 24.7 Å². The second-order valence-corrected chi connectivity index (χ2v) is 7.44. The number of halogens is 4. The van der Waals surface area contributed by atoms with Gasteiger partial charge in [-0.3, -0.25) is 13.9 Å². The van der Waals surface area contributed by atoms with E-state index in [2.05, 4.69) is 25.7 Å². The van der Waals surface area contributed by atoms with Crippen molar-refractivity contribution < 1.29 is 18.0 Å². The minimum Gasteiger partial charge on any atom is -0.352 e. The lowest BCUT2D eigenvalue weighted by molar-refractivity contribution is -0.141. The molecule has 3 heterocycles. The van der Waals surface area contributed by atoms with Crippen LogP contribution in [0.3, 0.4) is 0 Å². The summed E-state index contributed by atoms with van der Waals surface area (Å²) in [5, 5.41) is 18.3. The van der Waals surface area contributed by atoms with Gasteiger partial charge in [-0.25, -0.2) is 9.97 Å². The Morgan fingerprint density at radius 2 is 2.09 bits per heavy atom. The first kappa shape index (κ1) is 23.1. The predicted molar refractivity (Wildman–Crippen MR) is 118 cm³/mol. The number of alkyl halides is 3. The van der Waals surface area contributed by atoms with E-state index in [0.717, 1.165) is 10.9 Å². The van der Waals surface area contributed by atoms with Crippen molar-refractivity contribution in [3.63, 3.8) is 0 Å². The zero-order valence-corrected chi connectivity index (χ0v) is 18.3. The molecule has 0 aliphatic carbocycles. The molecule has 0 aliphatic heterocycles. The van der Waals surface area contributed by atoms with E-state index < -0.39 is 11.9 Å². The highest BCUT2D eigenvalue weighted by Crippen LogP contribution is 2.37. The molecule has 4 rings (SSSR count). The van der Waals surface area contributed by atoms with E-state index in [4.69, 9.17) is 16.9 Å². The Balaban J connectivity index is 1.72. The molecule has 0 unspecified atom stereocenters. The Morgan fingerprint density at radius 3 is 2.76 bits per heavy atom. The van der Waals surface area contributed by atoms with Crippen molar-refractivity contribution in [1.82, 2.24) is 29.5 Å². The van der Waals surface area contributed by atoms with E-state index in [0.29, 0.717) is 17.8 Å². The van der Waals surface area contributed by atoms with E-state index in [9.17, 15) is 18.0 Å². The van der Waals surface area contributed by atoms with Gasteiger partial charge in [0.1, 0.15) is 6.54 Å². The van der Waals surface area contributed by atoms with Crippen LogP contribution >= 0.6 is 11.6 Å². The first-order valence-corrected chi connectivity index (χ1v) is 10.3. The van der Waals surface area contributed by atoms with Crippen LogP contribution in [0.25, 0.3) is 16.9 Å². The van der Waals surface area contributed by atoms with Crippen molar-refractivity contribution in [3.05, 3.63) is 59.3 Å². The van der Waals surface area contributed by atoms with Gasteiger partial charge in [0.25, 0.3) is 5.91 Å². The minimum absolute atomic E-state index is 0.126. The number of hydrogen-bond acceptors (Lipinski definition) is 6. The summed E-state index contributed by atoms with van der Waals surface area (Å²) in [4.78, 5) is 20.5. The molecular weight excluding hydrogens is 473 g/mol. The van der Waals surface area contributed by atoms with Gasteiger partial charge in [-0.05, 0) is 25.1 Å². The highest BCUT2D eigenvalue weighted by Gasteiger charge is 2.38. The second kappa shape index (κ2) is 9.03. The van der Waals surface area contributed by atoms with Gasteiger partial charge in [-0.15, -0.1) is 0 Å². The van der Waals surface area contributed by atoms with Crippen LogP contribution in [0.15, 0.2) is 43.0 Å². The molecule has 0 atom stereocenters. The molecule has 174 valence electrons. The summed E-state index contributed by atoms with van der Waals surface area (Å²) in [7, 11) is 0. The summed E-state index contributed by atoms with van der Waals surface area (Å²) >= 11 is 6.24. The van der Waals surface area contributed by atoms with Crippen molar-refractivity contribution in [1.29, 1.82) is 5.26 Å². The lowest BCUT2D eigenvalue weighted by Gasteiger charge is -2.10. The standard InChI is InChI=1S/C21H16ClF3N8O/c1-2-27-20(34)13-4-3-12(9-15(13)22)30-18-19-29-10-16(33(19)8-6-28-18)14-11-32(7-5-26)31-17(14)21(23,24)25/h3-4,6,8-11H,2,7H2,1H3,(H,27,34)(H,28,30). The highest BCUT2D eigenvalue weighted by molar-refractivity contribution is 6.34. The molecule has 4 aromatic rings. The van der Waals surface area contributed by atoms with Crippen LogP contribution in [-0.4, -0.2) is 36.6 Å². The van der Waals surface area contributed by atoms with E-state index in [-0.39, 0.29) is 40.2 Å². The van der Waals surface area contributed by atoms with Crippen molar-refractivity contribution in [3.8, 4) is 17.3 Å². The van der Waals surface area contributed by atoms with E-state index in [1.807, 2.05) is 0 Å². The average Bonchev–Trinajstić information content (AvgIpc) is 3.39. The van der Waals surface area contributed by atoms with Gasteiger partial charge in [0, 0.05) is 30.8 Å². The van der Waals surface area contributed by atoms with E-state index >= 15 is 0 Å². The molecule has 0 saturated heterocycles. The molecule has 0 bridgehead atoms. The van der Waals surface area contributed by atoms with Gasteiger partial charge in [0.05, 0.1) is 34.1 Å². The normalized spacial score (nSPS) is 11.4. The lowest BCUT2D eigenvalue weighted by Crippen LogP contribution is -2.22. The molecule has 0 fully saturated rings. The third-order valence-electron chi connectivity index (χ3n) is 4.78. The largest absolute Gasteiger partial charge is 0.435 e. The van der Waals surface area contributed by atoms with Gasteiger partial charge < -0.3 is 10.6 Å². The zero-order chi connectivity index (χ0) is 24.5. The molecule has 0 radical (unpaired) electrons.